The fraction of sp³-hybridized carbons (Fsp3) is 0.316. The molecule has 1 atom stereocenters. The van der Waals surface area contributed by atoms with Crippen LogP contribution in [0.15, 0.2) is 47.4 Å². The number of nitrogens with zero attached hydrogens (tertiary/aromatic N) is 2. The molecule has 1 aromatic carbocycles. The number of H-pyrrole nitrogens is 1. The van der Waals surface area contributed by atoms with Gasteiger partial charge < -0.3 is 14.8 Å². The van der Waals surface area contributed by atoms with E-state index >= 15 is 0 Å². The van der Waals surface area contributed by atoms with E-state index in [1.54, 1.807) is 22.9 Å². The average molecular weight is 337 g/mol. The Hall–Kier alpha value is -2.89. The molecule has 25 heavy (non-hydrogen) atoms. The van der Waals surface area contributed by atoms with E-state index in [1.807, 2.05) is 24.3 Å². The Kier molecular flexibility index (Phi) is 3.49. The van der Waals surface area contributed by atoms with Crippen molar-refractivity contribution in [3.8, 4) is 0 Å². The number of likely N-dealkylation sites (tertiary alicyclic amines) is 1. The van der Waals surface area contributed by atoms with Crippen molar-refractivity contribution < 1.29 is 9.59 Å². The summed E-state index contributed by atoms with van der Waals surface area (Å²) in [5.74, 6) is -0.297. The van der Waals surface area contributed by atoms with Crippen molar-refractivity contribution >= 4 is 17.5 Å². The predicted molar refractivity (Wildman–Crippen MR) is 93.7 cm³/mol. The number of pyridine rings is 1. The molecule has 1 unspecified atom stereocenters. The van der Waals surface area contributed by atoms with Crippen LogP contribution in [0.5, 0.6) is 0 Å². The number of aromatic nitrogens is 1. The first kappa shape index (κ1) is 15.6. The highest BCUT2D eigenvalue weighted by molar-refractivity contribution is 6.08. The molecular weight excluding hydrogens is 318 g/mol. The van der Waals surface area contributed by atoms with Crippen molar-refractivity contribution in [1.29, 1.82) is 0 Å². The Balaban J connectivity index is 1.73. The van der Waals surface area contributed by atoms with Crippen LogP contribution in [0.4, 0.5) is 5.69 Å². The zero-order chi connectivity index (χ0) is 17.6. The van der Waals surface area contributed by atoms with Crippen LogP contribution in [0.1, 0.15) is 28.8 Å². The Morgan fingerprint density at radius 3 is 2.76 bits per heavy atom. The van der Waals surface area contributed by atoms with Crippen molar-refractivity contribution in [2.45, 2.75) is 18.3 Å². The first-order chi connectivity index (χ1) is 12.0. The number of para-hydroxylation sites is 1. The Bertz CT molecular complexity index is 920. The van der Waals surface area contributed by atoms with Crippen LogP contribution in [0.3, 0.4) is 0 Å². The molecule has 1 aromatic heterocycles. The molecule has 1 spiro atoms. The predicted octanol–water partition coefficient (Wildman–Crippen LogP) is 1.53. The van der Waals surface area contributed by atoms with Crippen LogP contribution in [0.25, 0.3) is 0 Å². The monoisotopic (exact) mass is 337 g/mol. The summed E-state index contributed by atoms with van der Waals surface area (Å²) in [6, 6.07) is 10.9. The molecular formula is C19H19N3O3. The standard InChI is InChI=1S/C19H19N3O3/c1-21-15-8-3-2-7-14(15)19(18(21)25)9-5-11-22(12-19)17(24)13-6-4-10-20-16(13)23/h2-4,6-8,10H,5,9,11-12H2,1H3,(H,20,23). The number of piperidine rings is 1. The third-order valence-electron chi connectivity index (χ3n) is 5.32. The average Bonchev–Trinajstić information content (AvgIpc) is 2.84. The summed E-state index contributed by atoms with van der Waals surface area (Å²) in [5, 5.41) is 0. The van der Waals surface area contributed by atoms with Crippen LogP contribution in [-0.2, 0) is 10.2 Å². The molecule has 2 aliphatic heterocycles. The molecule has 2 aromatic rings. The lowest BCUT2D eigenvalue weighted by Crippen LogP contribution is -2.53. The van der Waals surface area contributed by atoms with Crippen molar-refractivity contribution in [2.75, 3.05) is 25.0 Å². The first-order valence-electron chi connectivity index (χ1n) is 8.39. The van der Waals surface area contributed by atoms with Gasteiger partial charge in [0.15, 0.2) is 0 Å². The van der Waals surface area contributed by atoms with Crippen LogP contribution in [-0.4, -0.2) is 41.8 Å². The topological polar surface area (TPSA) is 73.5 Å². The smallest absolute Gasteiger partial charge is 0.260 e. The highest BCUT2D eigenvalue weighted by atomic mass is 16.2. The number of anilines is 1. The minimum Gasteiger partial charge on any atom is -0.337 e. The van der Waals surface area contributed by atoms with Gasteiger partial charge in [-0.05, 0) is 36.6 Å². The lowest BCUT2D eigenvalue weighted by molar-refractivity contribution is -0.124. The molecule has 0 aliphatic carbocycles. The van der Waals surface area contributed by atoms with E-state index in [2.05, 4.69) is 4.98 Å². The largest absolute Gasteiger partial charge is 0.337 e. The Labute approximate surface area is 145 Å². The molecule has 1 fully saturated rings. The molecule has 6 nitrogen and oxygen atoms in total. The van der Waals surface area contributed by atoms with E-state index < -0.39 is 11.0 Å². The van der Waals surface area contributed by atoms with Gasteiger partial charge >= 0.3 is 0 Å². The van der Waals surface area contributed by atoms with E-state index in [0.29, 0.717) is 19.5 Å². The van der Waals surface area contributed by atoms with Crippen LogP contribution >= 0.6 is 0 Å². The number of nitrogens with one attached hydrogen (secondary N) is 1. The molecule has 2 aliphatic rings. The zero-order valence-corrected chi connectivity index (χ0v) is 14.0. The fourth-order valence-electron chi connectivity index (χ4n) is 4.10. The summed E-state index contributed by atoms with van der Waals surface area (Å²) >= 11 is 0. The zero-order valence-electron chi connectivity index (χ0n) is 14.0. The minimum atomic E-state index is -0.708. The normalized spacial score (nSPS) is 22.4. The second-order valence-corrected chi connectivity index (χ2v) is 6.71. The van der Waals surface area contributed by atoms with E-state index in [9.17, 15) is 14.4 Å². The van der Waals surface area contributed by atoms with Crippen molar-refractivity contribution in [1.82, 2.24) is 9.88 Å². The number of carbonyl (C=O) groups is 2. The van der Waals surface area contributed by atoms with Gasteiger partial charge in [0.05, 0.1) is 5.41 Å². The highest BCUT2D eigenvalue weighted by Crippen LogP contribution is 2.46. The number of amides is 2. The second kappa shape index (κ2) is 5.58. The number of fused-ring (bicyclic) bond motifs is 2. The van der Waals surface area contributed by atoms with Crippen molar-refractivity contribution in [3.05, 3.63) is 64.1 Å². The van der Waals surface area contributed by atoms with Crippen LogP contribution in [0.2, 0.25) is 0 Å². The molecule has 1 N–H and O–H groups in total. The van der Waals surface area contributed by atoms with Crippen LogP contribution < -0.4 is 10.5 Å². The molecule has 6 heteroatoms. The van der Waals surface area contributed by atoms with Gasteiger partial charge in [0.25, 0.3) is 11.5 Å². The summed E-state index contributed by atoms with van der Waals surface area (Å²) in [7, 11) is 1.78. The van der Waals surface area contributed by atoms with Gasteiger partial charge in [0.2, 0.25) is 5.91 Å². The lowest BCUT2D eigenvalue weighted by atomic mass is 9.75. The number of aromatic amines is 1. The van der Waals surface area contributed by atoms with Gasteiger partial charge in [-0.1, -0.05) is 18.2 Å². The van der Waals surface area contributed by atoms with Gasteiger partial charge in [-0.3, -0.25) is 14.4 Å². The molecule has 0 radical (unpaired) electrons. The number of hydrogen-bond acceptors (Lipinski definition) is 3. The van der Waals surface area contributed by atoms with E-state index in [-0.39, 0.29) is 17.4 Å². The number of likely N-dealkylation sites (N-methyl/N-ethyl adjacent to an activating group) is 1. The molecule has 3 heterocycles. The maximum atomic E-state index is 13.0. The van der Waals surface area contributed by atoms with E-state index in [1.165, 1.54) is 12.3 Å². The van der Waals surface area contributed by atoms with Crippen molar-refractivity contribution in [3.63, 3.8) is 0 Å². The third-order valence-corrected chi connectivity index (χ3v) is 5.32. The second-order valence-electron chi connectivity index (χ2n) is 6.71. The molecule has 2 amide bonds. The summed E-state index contributed by atoms with van der Waals surface area (Å²) in [4.78, 5) is 43.7. The Morgan fingerprint density at radius 2 is 1.96 bits per heavy atom. The van der Waals surface area contributed by atoms with Crippen LogP contribution in [0, 0.1) is 0 Å². The maximum Gasteiger partial charge on any atom is 0.260 e. The lowest BCUT2D eigenvalue weighted by Gasteiger charge is -2.39. The number of rotatable bonds is 1. The summed E-state index contributed by atoms with van der Waals surface area (Å²) < 4.78 is 0. The van der Waals surface area contributed by atoms with Gasteiger partial charge in [0.1, 0.15) is 5.56 Å². The van der Waals surface area contributed by atoms with Gasteiger partial charge in [0, 0.05) is 32.0 Å². The minimum absolute atomic E-state index is 0.0215. The number of hydrogen-bond donors (Lipinski definition) is 1. The highest BCUT2D eigenvalue weighted by Gasteiger charge is 2.52. The molecule has 1 saturated heterocycles. The SMILES string of the molecule is CN1C(=O)C2(CCCN(C(=O)c3ccc[nH]c3=O)C2)c2ccccc21. The van der Waals surface area contributed by atoms with Gasteiger partial charge in [-0.15, -0.1) is 0 Å². The summed E-state index contributed by atoms with van der Waals surface area (Å²) in [6.45, 7) is 0.856. The van der Waals surface area contributed by atoms with E-state index in [4.69, 9.17) is 0 Å². The molecule has 128 valence electrons. The maximum absolute atomic E-state index is 13.0. The number of benzene rings is 1. The van der Waals surface area contributed by atoms with Gasteiger partial charge in [-0.25, -0.2) is 0 Å². The summed E-state index contributed by atoms with van der Waals surface area (Å²) in [6.07, 6.45) is 2.94. The Morgan fingerprint density at radius 1 is 1.16 bits per heavy atom. The fourth-order valence-corrected chi connectivity index (χ4v) is 4.10. The van der Waals surface area contributed by atoms with Gasteiger partial charge in [-0.2, -0.15) is 0 Å². The molecule has 4 rings (SSSR count). The summed E-state index contributed by atoms with van der Waals surface area (Å²) in [5.41, 5.74) is 0.885. The third kappa shape index (κ3) is 2.21. The number of carbonyl (C=O) groups excluding carboxylic acids is 2. The van der Waals surface area contributed by atoms with Crippen molar-refractivity contribution in [2.24, 2.45) is 0 Å². The first-order valence-corrected chi connectivity index (χ1v) is 8.39. The quantitative estimate of drug-likeness (QED) is 0.857. The molecule has 0 bridgehead atoms. The van der Waals surface area contributed by atoms with E-state index in [0.717, 1.165) is 17.7 Å². The molecule has 0 saturated carbocycles.